The van der Waals surface area contributed by atoms with Gasteiger partial charge in [0.1, 0.15) is 12.3 Å². The number of Topliss-reactive ketones (excluding diaryl/α,β-unsaturated/α-hetero) is 1. The first-order valence-corrected chi connectivity index (χ1v) is 21.7. The summed E-state index contributed by atoms with van der Waals surface area (Å²) in [6, 6.07) is 9.20. The van der Waals surface area contributed by atoms with Gasteiger partial charge in [-0.3, -0.25) is 18.7 Å². The lowest BCUT2D eigenvalue weighted by Crippen LogP contribution is -2.32. The minimum absolute atomic E-state index is 0.0133. The molecule has 2 aliphatic heterocycles. The van der Waals surface area contributed by atoms with E-state index in [1.165, 1.54) is 24.3 Å². The van der Waals surface area contributed by atoms with Gasteiger partial charge in [0, 0.05) is 53.2 Å². The van der Waals surface area contributed by atoms with Gasteiger partial charge in [-0.2, -0.15) is 21.4 Å². The molecule has 0 radical (unpaired) electrons. The first-order chi connectivity index (χ1) is 24.8. The van der Waals surface area contributed by atoms with Crippen molar-refractivity contribution in [2.75, 3.05) is 29.5 Å². The summed E-state index contributed by atoms with van der Waals surface area (Å²) in [5, 5.41) is 20.8. The normalized spacial score (nSPS) is 19.5. The molecule has 0 bridgehead atoms. The molecule has 0 fully saturated rings. The fourth-order valence-corrected chi connectivity index (χ4v) is 8.94. The zero-order valence-corrected chi connectivity index (χ0v) is 32.5. The van der Waals surface area contributed by atoms with Crippen LogP contribution in [-0.4, -0.2) is 95.8 Å². The molecule has 0 unspecified atom stereocenters. The average Bonchev–Trinajstić information content (AvgIpc) is 3.38. The van der Waals surface area contributed by atoms with Crippen LogP contribution in [0.2, 0.25) is 0 Å². The van der Waals surface area contributed by atoms with E-state index < -0.39 is 64.4 Å². The van der Waals surface area contributed by atoms with Crippen molar-refractivity contribution in [3.05, 3.63) is 87.8 Å². The Morgan fingerprint density at radius 1 is 0.870 bits per heavy atom. The Morgan fingerprint density at radius 2 is 1.54 bits per heavy atom. The van der Waals surface area contributed by atoms with E-state index >= 15 is 0 Å². The Labute approximate surface area is 314 Å². The summed E-state index contributed by atoms with van der Waals surface area (Å²) in [6.07, 6.45) is 3.55. The number of benzene rings is 2. The standard InChI is InChI=1S/C36H42N2O13S3/c1-35(2)26-17-22(18-32(39)40)9-11-28(26)37(13-5-7-15-52(43,44)45)30(35)20-24-33(41)25(34(24)42)21-31-36(3,4)27-19-23(54(49,50)51)10-12-29(27)38(31)14-6-8-16-53(46,47)48/h9-12,17,19-21H,5-8,13-16,18H2,1-4H3,(H4-,39,40,41,42,43,44,45,46,47,48,49,50,51). The largest absolute Gasteiger partial charge is 0.748 e. The lowest BCUT2D eigenvalue weighted by molar-refractivity contribution is -0.438. The maximum absolute atomic E-state index is 13.9. The second kappa shape index (κ2) is 14.5. The number of carboxylic acids is 1. The second-order valence-electron chi connectivity index (χ2n) is 14.7. The summed E-state index contributed by atoms with van der Waals surface area (Å²) >= 11 is 0. The molecular weight excluding hydrogens is 765 g/mol. The molecule has 4 N–H and O–H groups in total. The van der Waals surface area contributed by atoms with E-state index in [1.54, 1.807) is 42.7 Å². The highest BCUT2D eigenvalue weighted by atomic mass is 32.2. The summed E-state index contributed by atoms with van der Waals surface area (Å²) in [4.78, 5) is 26.9. The molecule has 292 valence electrons. The minimum Gasteiger partial charge on any atom is -0.748 e. The maximum Gasteiger partial charge on any atom is 0.307 e. The Kier molecular flexibility index (Phi) is 11.0. The smallest absolute Gasteiger partial charge is 0.307 e. The van der Waals surface area contributed by atoms with Crippen LogP contribution in [0.3, 0.4) is 0 Å². The number of hydrogen-bond acceptors (Lipinski definition) is 11. The van der Waals surface area contributed by atoms with Crippen molar-refractivity contribution in [2.24, 2.45) is 0 Å². The summed E-state index contributed by atoms with van der Waals surface area (Å²) in [7, 11) is -13.2. The van der Waals surface area contributed by atoms with Crippen LogP contribution in [0.5, 0.6) is 0 Å². The number of aliphatic hydroxyl groups is 1. The molecule has 0 amide bonds. The quantitative estimate of drug-likeness (QED) is 0.0862. The van der Waals surface area contributed by atoms with E-state index in [0.29, 0.717) is 40.3 Å². The molecule has 0 aromatic heterocycles. The van der Waals surface area contributed by atoms with E-state index in [1.807, 2.05) is 18.7 Å². The number of hydrogen-bond donors (Lipinski definition) is 4. The van der Waals surface area contributed by atoms with Gasteiger partial charge in [0.25, 0.3) is 20.2 Å². The lowest BCUT2D eigenvalue weighted by Gasteiger charge is -2.29. The molecule has 2 aromatic carbocycles. The van der Waals surface area contributed by atoms with Crippen molar-refractivity contribution in [3.63, 3.8) is 0 Å². The summed E-state index contributed by atoms with van der Waals surface area (Å²) in [5.74, 6) is -2.89. The number of fused-ring (bicyclic) bond motifs is 2. The number of carbonyl (C=O) groups is 2. The van der Waals surface area contributed by atoms with E-state index in [0.717, 1.165) is 5.56 Å². The fourth-order valence-electron chi connectivity index (χ4n) is 7.31. The van der Waals surface area contributed by atoms with Crippen LogP contribution in [0.15, 0.2) is 76.0 Å². The van der Waals surface area contributed by atoms with Crippen LogP contribution >= 0.6 is 0 Å². The average molecular weight is 807 g/mol. The molecule has 0 spiro atoms. The van der Waals surface area contributed by atoms with Gasteiger partial charge in [0.2, 0.25) is 11.5 Å². The molecule has 0 saturated heterocycles. The molecule has 0 atom stereocenters. The third-order valence-electron chi connectivity index (χ3n) is 10.1. The summed E-state index contributed by atoms with van der Waals surface area (Å²) in [5.41, 5.74) is 2.24. The van der Waals surface area contributed by atoms with Gasteiger partial charge in [-0.15, -0.1) is 0 Å². The van der Waals surface area contributed by atoms with Crippen molar-refractivity contribution in [1.82, 2.24) is 0 Å². The zero-order chi connectivity index (χ0) is 40.2. The van der Waals surface area contributed by atoms with Crippen LogP contribution in [-0.2, 0) is 57.2 Å². The third kappa shape index (κ3) is 8.38. The molecule has 2 heterocycles. The highest BCUT2D eigenvalue weighted by Gasteiger charge is 2.48. The predicted octanol–water partition coefficient (Wildman–Crippen LogP) is 3.93. The topological polar surface area (TPSA) is 247 Å². The third-order valence-corrected chi connectivity index (χ3v) is 12.5. The number of carbonyl (C=O) groups excluding carboxylic acids is 1. The number of carboxylic acid groups (broad SMARTS) is 1. The number of aliphatic carboxylic acids is 1. The monoisotopic (exact) mass is 806 g/mol. The zero-order valence-electron chi connectivity index (χ0n) is 30.1. The molecule has 0 saturated carbocycles. The van der Waals surface area contributed by atoms with Crippen LogP contribution in [0.4, 0.5) is 11.4 Å². The summed E-state index contributed by atoms with van der Waals surface area (Å²) < 4.78 is 101. The van der Waals surface area contributed by atoms with Gasteiger partial charge in [0.05, 0.1) is 43.7 Å². The van der Waals surface area contributed by atoms with Crippen LogP contribution in [0.25, 0.3) is 0 Å². The number of allylic oxidation sites excluding steroid dienone is 5. The molecule has 54 heavy (non-hydrogen) atoms. The Bertz CT molecular complexity index is 2400. The van der Waals surface area contributed by atoms with E-state index in [2.05, 4.69) is 0 Å². The van der Waals surface area contributed by atoms with Crippen molar-refractivity contribution >= 4 is 59.2 Å². The van der Waals surface area contributed by atoms with Gasteiger partial charge in [-0.1, -0.05) is 26.0 Å². The molecule has 2 aromatic rings. The highest BCUT2D eigenvalue weighted by Crippen LogP contribution is 2.50. The minimum atomic E-state index is -4.58. The Balaban J connectivity index is 1.57. The first-order valence-electron chi connectivity index (χ1n) is 17.0. The number of nitrogens with zero attached hydrogens (tertiary/aromatic N) is 2. The SMILES string of the molecule is CC1(C)C(=CC2=C(O)C(=CC3=[N+](CCCCS(=O)(=O)[O-])c4ccc(S(=O)(=O)O)cc4C3(C)C)C2=O)N(CCCCS(=O)(=O)O)c2ccc(CC(=O)O)cc21. The molecular formula is C36H42N2O13S3. The van der Waals surface area contributed by atoms with Crippen LogP contribution < -0.4 is 4.90 Å². The molecule has 1 aliphatic carbocycles. The van der Waals surface area contributed by atoms with Gasteiger partial charge in [-0.05, 0) is 68.5 Å². The predicted molar refractivity (Wildman–Crippen MR) is 198 cm³/mol. The van der Waals surface area contributed by atoms with Gasteiger partial charge in [-0.25, -0.2) is 8.42 Å². The number of ketones is 1. The van der Waals surface area contributed by atoms with Gasteiger partial charge < -0.3 is 19.7 Å². The lowest BCUT2D eigenvalue weighted by atomic mass is 9.77. The molecule has 3 aliphatic rings. The number of aliphatic hydroxyl groups excluding tert-OH is 1. The van der Waals surface area contributed by atoms with Crippen molar-refractivity contribution in [1.29, 1.82) is 0 Å². The van der Waals surface area contributed by atoms with E-state index in [9.17, 15) is 58.7 Å². The Hall–Kier alpha value is -4.20. The van der Waals surface area contributed by atoms with Gasteiger partial charge >= 0.3 is 5.97 Å². The summed E-state index contributed by atoms with van der Waals surface area (Å²) in [6.45, 7) is 7.73. The Morgan fingerprint density at radius 3 is 2.13 bits per heavy atom. The number of rotatable bonds is 15. The molecule has 5 rings (SSSR count). The fraction of sp³-hybridized carbons (Fsp3) is 0.417. The van der Waals surface area contributed by atoms with E-state index in [4.69, 9.17) is 0 Å². The highest BCUT2D eigenvalue weighted by molar-refractivity contribution is 7.86. The van der Waals surface area contributed by atoms with Crippen molar-refractivity contribution < 1.29 is 63.3 Å². The second-order valence-corrected chi connectivity index (χ2v) is 19.2. The van der Waals surface area contributed by atoms with E-state index in [-0.39, 0.29) is 60.6 Å². The number of anilines is 1. The first kappa shape index (κ1) is 41.0. The van der Waals surface area contributed by atoms with Crippen molar-refractivity contribution in [2.45, 2.75) is 75.5 Å². The maximum atomic E-state index is 13.9. The van der Waals surface area contributed by atoms with Gasteiger partial charge in [0.15, 0.2) is 5.71 Å². The van der Waals surface area contributed by atoms with Crippen LogP contribution in [0.1, 0.15) is 70.1 Å². The molecule has 15 nitrogen and oxygen atoms in total. The number of unbranched alkanes of at least 4 members (excludes halogenated alkanes) is 2. The van der Waals surface area contributed by atoms with Crippen molar-refractivity contribution in [3.8, 4) is 0 Å². The van der Waals surface area contributed by atoms with Crippen LogP contribution in [0, 0.1) is 0 Å². The molecule has 18 heteroatoms.